The number of carbonyl (C=O) groups is 1. The Kier molecular flexibility index (Phi) is 5.45. The van der Waals surface area contributed by atoms with Gasteiger partial charge in [-0.1, -0.05) is 6.07 Å². The van der Waals surface area contributed by atoms with E-state index in [1.807, 2.05) is 18.2 Å². The van der Waals surface area contributed by atoms with Gasteiger partial charge in [0.15, 0.2) is 0 Å². The highest BCUT2D eigenvalue weighted by Crippen LogP contribution is 2.27. The Bertz CT molecular complexity index is 853. The third-order valence-corrected chi connectivity index (χ3v) is 5.16. The molecular weight excluding hydrogens is 361 g/mol. The van der Waals surface area contributed by atoms with Crippen LogP contribution in [-0.2, 0) is 11.2 Å². The molecule has 1 amide bonds. The average Bonchev–Trinajstić information content (AvgIpc) is 3.06. The lowest BCUT2D eigenvalue weighted by Gasteiger charge is -2.36. The smallest absolute Gasteiger partial charge is 0.228 e. The number of benzene rings is 2. The van der Waals surface area contributed by atoms with Crippen LogP contribution in [0.25, 0.3) is 0 Å². The SMILES string of the molecule is O=C1Cc2cc(OCC(O)CN3CCN(c4cccc(F)c4)CC3)ccc2N1. The molecule has 7 heteroatoms. The average molecular weight is 385 g/mol. The highest BCUT2D eigenvalue weighted by atomic mass is 19.1. The summed E-state index contributed by atoms with van der Waals surface area (Å²) in [6, 6.07) is 12.1. The van der Waals surface area contributed by atoms with Crippen molar-refractivity contribution in [1.29, 1.82) is 0 Å². The van der Waals surface area contributed by atoms with Crippen molar-refractivity contribution in [2.24, 2.45) is 0 Å². The summed E-state index contributed by atoms with van der Waals surface area (Å²) in [4.78, 5) is 15.8. The normalized spacial score (nSPS) is 17.9. The number of carbonyl (C=O) groups excluding carboxylic acids is 1. The maximum Gasteiger partial charge on any atom is 0.228 e. The summed E-state index contributed by atoms with van der Waals surface area (Å²) in [6.07, 6.45) is -0.237. The molecule has 0 saturated carbocycles. The third-order valence-electron chi connectivity index (χ3n) is 5.16. The summed E-state index contributed by atoms with van der Waals surface area (Å²) in [5.41, 5.74) is 2.65. The van der Waals surface area contributed by atoms with Crippen LogP contribution in [0.5, 0.6) is 5.75 Å². The van der Waals surface area contributed by atoms with E-state index in [9.17, 15) is 14.3 Å². The van der Waals surface area contributed by atoms with Gasteiger partial charge in [0.05, 0.1) is 6.42 Å². The lowest BCUT2D eigenvalue weighted by atomic mass is 10.1. The molecule has 2 aliphatic heterocycles. The van der Waals surface area contributed by atoms with E-state index in [1.165, 1.54) is 6.07 Å². The molecule has 4 rings (SSSR count). The van der Waals surface area contributed by atoms with Crippen molar-refractivity contribution in [1.82, 2.24) is 4.90 Å². The van der Waals surface area contributed by atoms with Gasteiger partial charge < -0.3 is 20.1 Å². The first-order valence-corrected chi connectivity index (χ1v) is 9.53. The van der Waals surface area contributed by atoms with E-state index in [1.54, 1.807) is 18.2 Å². The topological polar surface area (TPSA) is 65.0 Å². The Morgan fingerprint density at radius 1 is 1.14 bits per heavy atom. The minimum Gasteiger partial charge on any atom is -0.491 e. The first kappa shape index (κ1) is 18.7. The number of aliphatic hydroxyl groups excluding tert-OH is 1. The third kappa shape index (κ3) is 4.43. The van der Waals surface area contributed by atoms with Gasteiger partial charge in [0, 0.05) is 44.1 Å². The molecule has 6 nitrogen and oxygen atoms in total. The molecular formula is C21H24FN3O3. The van der Waals surface area contributed by atoms with Crippen molar-refractivity contribution in [3.63, 3.8) is 0 Å². The molecule has 148 valence electrons. The number of nitrogens with one attached hydrogen (secondary N) is 1. The van der Waals surface area contributed by atoms with Crippen molar-refractivity contribution in [3.05, 3.63) is 53.8 Å². The minimum atomic E-state index is -0.603. The number of fused-ring (bicyclic) bond motifs is 1. The predicted molar refractivity (Wildman–Crippen MR) is 105 cm³/mol. The fourth-order valence-electron chi connectivity index (χ4n) is 3.70. The molecule has 1 fully saturated rings. The van der Waals surface area contributed by atoms with Gasteiger partial charge in [-0.05, 0) is 42.0 Å². The Balaban J connectivity index is 1.22. The van der Waals surface area contributed by atoms with E-state index in [-0.39, 0.29) is 18.3 Å². The zero-order valence-electron chi connectivity index (χ0n) is 15.6. The zero-order valence-corrected chi connectivity index (χ0v) is 15.6. The number of nitrogens with zero attached hydrogens (tertiary/aromatic N) is 2. The van der Waals surface area contributed by atoms with Gasteiger partial charge in [0.25, 0.3) is 0 Å². The van der Waals surface area contributed by atoms with Gasteiger partial charge in [0.2, 0.25) is 5.91 Å². The Labute approximate surface area is 163 Å². The van der Waals surface area contributed by atoms with E-state index in [0.717, 1.165) is 43.1 Å². The van der Waals surface area contributed by atoms with Crippen molar-refractivity contribution in [2.75, 3.05) is 49.5 Å². The predicted octanol–water partition coefficient (Wildman–Crippen LogP) is 1.88. The number of ether oxygens (including phenoxy) is 1. The van der Waals surface area contributed by atoms with Gasteiger partial charge in [-0.2, -0.15) is 0 Å². The van der Waals surface area contributed by atoms with Crippen molar-refractivity contribution in [3.8, 4) is 5.75 Å². The van der Waals surface area contributed by atoms with E-state index >= 15 is 0 Å². The van der Waals surface area contributed by atoms with Crippen LogP contribution in [-0.4, -0.2) is 61.3 Å². The van der Waals surface area contributed by atoms with E-state index in [4.69, 9.17) is 4.74 Å². The molecule has 1 atom stereocenters. The highest BCUT2D eigenvalue weighted by molar-refractivity contribution is 5.99. The molecule has 1 unspecified atom stereocenters. The number of rotatable bonds is 6. The number of halogens is 1. The van der Waals surface area contributed by atoms with Crippen LogP contribution in [0.4, 0.5) is 15.8 Å². The minimum absolute atomic E-state index is 0.00966. The molecule has 0 aromatic heterocycles. The van der Waals surface area contributed by atoms with Gasteiger partial charge in [-0.15, -0.1) is 0 Å². The van der Waals surface area contributed by atoms with Crippen LogP contribution in [0.15, 0.2) is 42.5 Å². The zero-order chi connectivity index (χ0) is 19.5. The van der Waals surface area contributed by atoms with Crippen molar-refractivity contribution >= 4 is 17.3 Å². The number of aliphatic hydroxyl groups is 1. The molecule has 0 bridgehead atoms. The van der Waals surface area contributed by atoms with Crippen LogP contribution in [0.3, 0.4) is 0 Å². The quantitative estimate of drug-likeness (QED) is 0.795. The number of hydrogen-bond donors (Lipinski definition) is 2. The summed E-state index contributed by atoms with van der Waals surface area (Å²) < 4.78 is 19.1. The molecule has 2 N–H and O–H groups in total. The number of anilines is 2. The van der Waals surface area contributed by atoms with Crippen LogP contribution in [0.1, 0.15) is 5.56 Å². The van der Waals surface area contributed by atoms with Crippen LogP contribution in [0, 0.1) is 5.82 Å². The Morgan fingerprint density at radius 2 is 1.96 bits per heavy atom. The molecule has 2 aromatic carbocycles. The first-order chi connectivity index (χ1) is 13.6. The summed E-state index contributed by atoms with van der Waals surface area (Å²) in [5, 5.41) is 13.1. The molecule has 0 aliphatic carbocycles. The molecule has 1 saturated heterocycles. The monoisotopic (exact) mass is 385 g/mol. The molecule has 2 heterocycles. The number of hydrogen-bond acceptors (Lipinski definition) is 5. The Hall–Kier alpha value is -2.64. The fraction of sp³-hybridized carbons (Fsp3) is 0.381. The maximum atomic E-state index is 13.4. The van der Waals surface area contributed by atoms with Crippen molar-refractivity contribution < 1.29 is 19.0 Å². The number of β-amino-alcohol motifs (C(OH)–C–C–N with tert-alkyl or cyclic N) is 1. The van der Waals surface area contributed by atoms with Crippen molar-refractivity contribution in [2.45, 2.75) is 12.5 Å². The Morgan fingerprint density at radius 3 is 2.75 bits per heavy atom. The van der Waals surface area contributed by atoms with Crippen LogP contribution in [0.2, 0.25) is 0 Å². The molecule has 0 spiro atoms. The maximum absolute atomic E-state index is 13.4. The number of piperazine rings is 1. The fourth-order valence-corrected chi connectivity index (χ4v) is 3.70. The van der Waals surface area contributed by atoms with E-state index < -0.39 is 6.10 Å². The summed E-state index contributed by atoms with van der Waals surface area (Å²) >= 11 is 0. The molecule has 2 aromatic rings. The van der Waals surface area contributed by atoms with Crippen LogP contribution >= 0.6 is 0 Å². The summed E-state index contributed by atoms with van der Waals surface area (Å²) in [5.74, 6) is 0.425. The van der Waals surface area contributed by atoms with Gasteiger partial charge >= 0.3 is 0 Å². The standard InChI is InChI=1S/C21H24FN3O3/c22-16-2-1-3-17(12-16)25-8-6-24(7-9-25)13-18(26)14-28-19-4-5-20-15(10-19)11-21(27)23-20/h1-5,10,12,18,26H,6-9,11,13-14H2,(H,23,27). The molecule has 2 aliphatic rings. The second-order valence-electron chi connectivity index (χ2n) is 7.28. The largest absolute Gasteiger partial charge is 0.491 e. The molecule has 28 heavy (non-hydrogen) atoms. The summed E-state index contributed by atoms with van der Waals surface area (Å²) in [6.45, 7) is 3.93. The second kappa shape index (κ2) is 8.16. The van der Waals surface area contributed by atoms with E-state index in [2.05, 4.69) is 15.1 Å². The van der Waals surface area contributed by atoms with Gasteiger partial charge in [0.1, 0.15) is 24.3 Å². The first-order valence-electron chi connectivity index (χ1n) is 9.53. The van der Waals surface area contributed by atoms with Crippen LogP contribution < -0.4 is 15.0 Å². The van der Waals surface area contributed by atoms with Gasteiger partial charge in [-0.3, -0.25) is 9.69 Å². The lowest BCUT2D eigenvalue weighted by molar-refractivity contribution is -0.115. The van der Waals surface area contributed by atoms with Gasteiger partial charge in [-0.25, -0.2) is 4.39 Å². The second-order valence-corrected chi connectivity index (χ2v) is 7.28. The lowest BCUT2D eigenvalue weighted by Crippen LogP contribution is -2.49. The highest BCUT2D eigenvalue weighted by Gasteiger charge is 2.21. The molecule has 0 radical (unpaired) electrons. The summed E-state index contributed by atoms with van der Waals surface area (Å²) in [7, 11) is 0. The number of amides is 1. The van der Waals surface area contributed by atoms with E-state index in [0.29, 0.717) is 18.7 Å².